The van der Waals surface area contributed by atoms with Crippen LogP contribution in [0.15, 0.2) is 50.3 Å². The third-order valence-corrected chi connectivity index (χ3v) is 4.02. The summed E-state index contributed by atoms with van der Waals surface area (Å²) in [7, 11) is 0. The number of para-hydroxylation sites is 1. The average molecular weight is 423 g/mol. The normalized spacial score (nSPS) is 12.5. The van der Waals surface area contributed by atoms with Crippen LogP contribution in [0.4, 0.5) is 0 Å². The first-order chi connectivity index (χ1) is 12.5. The second-order valence-corrected chi connectivity index (χ2v) is 6.42. The quantitative estimate of drug-likeness (QED) is 0.448. The molecule has 8 heteroatoms. The smallest absolute Gasteiger partial charge is 0.284 e. The first-order valence-corrected chi connectivity index (χ1v) is 9.10. The molecule has 2 rings (SSSR count). The molecule has 0 fully saturated rings. The van der Waals surface area contributed by atoms with E-state index < -0.39 is 5.91 Å². The summed E-state index contributed by atoms with van der Waals surface area (Å²) in [6, 6.07) is 10.9. The van der Waals surface area contributed by atoms with Gasteiger partial charge >= 0.3 is 0 Å². The van der Waals surface area contributed by atoms with Crippen molar-refractivity contribution >= 4 is 27.8 Å². The first-order valence-electron chi connectivity index (χ1n) is 8.31. The largest absolute Gasteiger partial charge is 0.488 e. The predicted octanol–water partition coefficient (Wildman–Crippen LogP) is 2.66. The molecule has 0 aliphatic carbocycles. The lowest BCUT2D eigenvalue weighted by atomic mass is 10.3. The Morgan fingerprint density at radius 3 is 2.73 bits per heavy atom. The Balaban J connectivity index is 1.90. The van der Waals surface area contributed by atoms with Gasteiger partial charge in [-0.05, 0) is 54.0 Å². The highest BCUT2D eigenvalue weighted by Gasteiger charge is 2.09. The Bertz CT molecular complexity index is 760. The van der Waals surface area contributed by atoms with Crippen LogP contribution >= 0.6 is 15.9 Å². The van der Waals surface area contributed by atoms with Crippen molar-refractivity contribution in [3.05, 3.63) is 52.4 Å². The summed E-state index contributed by atoms with van der Waals surface area (Å²) < 4.78 is 12.1. The summed E-state index contributed by atoms with van der Waals surface area (Å²) >= 11 is 3.47. The van der Waals surface area contributed by atoms with Gasteiger partial charge in [-0.2, -0.15) is 0 Å². The van der Waals surface area contributed by atoms with Crippen LogP contribution in [0, 0.1) is 0 Å². The molecule has 0 bridgehead atoms. The molecule has 0 saturated carbocycles. The molecule has 2 aromatic rings. The van der Waals surface area contributed by atoms with Gasteiger partial charge in [-0.25, -0.2) is 4.99 Å². The van der Waals surface area contributed by atoms with Gasteiger partial charge in [-0.3, -0.25) is 4.79 Å². The molecule has 1 aromatic carbocycles. The van der Waals surface area contributed by atoms with Gasteiger partial charge < -0.3 is 25.5 Å². The van der Waals surface area contributed by atoms with E-state index in [0.717, 1.165) is 16.8 Å². The zero-order valence-electron chi connectivity index (χ0n) is 14.8. The molecule has 1 unspecified atom stereocenters. The van der Waals surface area contributed by atoms with E-state index in [9.17, 15) is 4.79 Å². The Morgan fingerprint density at radius 2 is 2.08 bits per heavy atom. The number of nitrogens with zero attached hydrogens (tertiary/aromatic N) is 1. The van der Waals surface area contributed by atoms with Gasteiger partial charge in [0.25, 0.3) is 5.91 Å². The molecular weight excluding hydrogens is 400 g/mol. The Kier molecular flexibility index (Phi) is 7.53. The lowest BCUT2D eigenvalue weighted by Crippen LogP contribution is -2.41. The van der Waals surface area contributed by atoms with Crippen molar-refractivity contribution in [1.82, 2.24) is 10.6 Å². The lowest BCUT2D eigenvalue weighted by Gasteiger charge is -2.18. The number of guanidine groups is 1. The van der Waals surface area contributed by atoms with Crippen LogP contribution in [-0.2, 0) is 6.54 Å². The number of hydrogen-bond acceptors (Lipinski definition) is 4. The van der Waals surface area contributed by atoms with Crippen LogP contribution in [0.1, 0.15) is 30.2 Å². The number of nitrogens with one attached hydrogen (secondary N) is 2. The molecule has 0 radical (unpaired) electrons. The van der Waals surface area contributed by atoms with Crippen molar-refractivity contribution in [2.75, 3.05) is 13.1 Å². The van der Waals surface area contributed by atoms with Crippen LogP contribution in [-0.4, -0.2) is 31.1 Å². The van der Waals surface area contributed by atoms with E-state index in [2.05, 4.69) is 31.6 Å². The van der Waals surface area contributed by atoms with Crippen molar-refractivity contribution in [3.8, 4) is 5.75 Å². The van der Waals surface area contributed by atoms with E-state index in [0.29, 0.717) is 24.8 Å². The van der Waals surface area contributed by atoms with Gasteiger partial charge in [0.05, 0.1) is 11.0 Å². The van der Waals surface area contributed by atoms with Crippen molar-refractivity contribution in [1.29, 1.82) is 0 Å². The summed E-state index contributed by atoms with van der Waals surface area (Å²) in [6.45, 7) is 5.54. The van der Waals surface area contributed by atoms with E-state index in [-0.39, 0.29) is 11.9 Å². The maximum Gasteiger partial charge on any atom is 0.284 e. The minimum Gasteiger partial charge on any atom is -0.488 e. The molecule has 26 heavy (non-hydrogen) atoms. The topological polar surface area (TPSA) is 102 Å². The second-order valence-electron chi connectivity index (χ2n) is 5.57. The summed E-state index contributed by atoms with van der Waals surface area (Å²) in [5, 5.41) is 6.38. The molecule has 0 aliphatic rings. The number of primary amides is 1. The van der Waals surface area contributed by atoms with Gasteiger partial charge in [-0.15, -0.1) is 0 Å². The van der Waals surface area contributed by atoms with Gasteiger partial charge in [-0.1, -0.05) is 12.1 Å². The van der Waals surface area contributed by atoms with Crippen molar-refractivity contribution < 1.29 is 13.9 Å². The summed E-state index contributed by atoms with van der Waals surface area (Å²) in [5.74, 6) is 1.52. The molecule has 1 aromatic heterocycles. The van der Waals surface area contributed by atoms with Gasteiger partial charge in [0, 0.05) is 6.54 Å². The average Bonchev–Trinajstić information content (AvgIpc) is 3.09. The second kappa shape index (κ2) is 9.86. The number of rotatable bonds is 8. The van der Waals surface area contributed by atoms with Crippen molar-refractivity contribution in [2.45, 2.75) is 26.5 Å². The fraction of sp³-hybridized carbons (Fsp3) is 0.333. The van der Waals surface area contributed by atoms with Crippen LogP contribution in [0.3, 0.4) is 0 Å². The van der Waals surface area contributed by atoms with Gasteiger partial charge in [0.1, 0.15) is 24.2 Å². The Morgan fingerprint density at radius 1 is 1.31 bits per heavy atom. The molecule has 0 spiro atoms. The highest BCUT2D eigenvalue weighted by molar-refractivity contribution is 9.10. The molecule has 4 N–H and O–H groups in total. The lowest BCUT2D eigenvalue weighted by molar-refractivity contribution is 0.0972. The van der Waals surface area contributed by atoms with Crippen LogP contribution in [0.2, 0.25) is 0 Å². The minimum atomic E-state index is -0.594. The predicted molar refractivity (Wildman–Crippen MR) is 104 cm³/mol. The first kappa shape index (κ1) is 19.8. The maximum atomic E-state index is 11.1. The molecule has 140 valence electrons. The zero-order valence-corrected chi connectivity index (χ0v) is 16.4. The third kappa shape index (κ3) is 6.11. The third-order valence-electron chi connectivity index (χ3n) is 3.36. The molecule has 0 saturated heterocycles. The van der Waals surface area contributed by atoms with Gasteiger partial charge in [0.2, 0.25) is 0 Å². The standard InChI is InChI=1S/C18H23BrN4O3/c1-3-21-18(23-11-13-8-9-16(26-13)17(20)24)22-10-12(2)25-15-7-5-4-6-14(15)19/h4-9,12H,3,10-11H2,1-2H3,(H2,20,24)(H2,21,22,23). The number of aliphatic imine (C=N–C) groups is 1. The molecule has 1 amide bonds. The SMILES string of the molecule is CCNC(=NCc1ccc(C(N)=O)o1)NCC(C)Oc1ccccc1Br. The number of nitrogens with two attached hydrogens (primary N) is 1. The number of furan rings is 1. The number of carbonyl (C=O) groups is 1. The number of hydrogen-bond donors (Lipinski definition) is 3. The van der Waals surface area contributed by atoms with Crippen LogP contribution in [0.5, 0.6) is 5.75 Å². The number of ether oxygens (including phenoxy) is 1. The van der Waals surface area contributed by atoms with E-state index in [4.69, 9.17) is 14.9 Å². The number of benzene rings is 1. The van der Waals surface area contributed by atoms with E-state index >= 15 is 0 Å². The molecule has 1 atom stereocenters. The maximum absolute atomic E-state index is 11.1. The highest BCUT2D eigenvalue weighted by Crippen LogP contribution is 2.24. The molecular formula is C18H23BrN4O3. The minimum absolute atomic E-state index is 0.0670. The highest BCUT2D eigenvalue weighted by atomic mass is 79.9. The van der Waals surface area contributed by atoms with E-state index in [1.165, 1.54) is 0 Å². The summed E-state index contributed by atoms with van der Waals surface area (Å²) in [5.41, 5.74) is 5.18. The summed E-state index contributed by atoms with van der Waals surface area (Å²) in [4.78, 5) is 15.5. The van der Waals surface area contributed by atoms with E-state index in [1.54, 1.807) is 12.1 Å². The fourth-order valence-corrected chi connectivity index (χ4v) is 2.51. The Labute approximate surface area is 161 Å². The monoisotopic (exact) mass is 422 g/mol. The van der Waals surface area contributed by atoms with Crippen molar-refractivity contribution in [2.24, 2.45) is 10.7 Å². The van der Waals surface area contributed by atoms with E-state index in [1.807, 2.05) is 38.1 Å². The number of carbonyl (C=O) groups excluding carboxylic acids is 1. The summed E-state index contributed by atoms with van der Waals surface area (Å²) in [6.07, 6.45) is -0.0670. The number of halogens is 1. The van der Waals surface area contributed by atoms with Crippen LogP contribution < -0.4 is 21.1 Å². The molecule has 1 heterocycles. The zero-order chi connectivity index (χ0) is 18.9. The fourth-order valence-electron chi connectivity index (χ4n) is 2.13. The van der Waals surface area contributed by atoms with Crippen molar-refractivity contribution in [3.63, 3.8) is 0 Å². The number of amides is 1. The van der Waals surface area contributed by atoms with Gasteiger partial charge in [0.15, 0.2) is 11.7 Å². The molecule has 0 aliphatic heterocycles. The Hall–Kier alpha value is -2.48. The molecule has 7 nitrogen and oxygen atoms in total. The van der Waals surface area contributed by atoms with Crippen LogP contribution in [0.25, 0.3) is 0 Å².